The lowest BCUT2D eigenvalue weighted by Crippen LogP contribution is -2.47. The number of aliphatic imine (C=N–C) groups is 1. The van der Waals surface area contributed by atoms with E-state index in [9.17, 15) is 0 Å². The zero-order valence-electron chi connectivity index (χ0n) is 16.3. The van der Waals surface area contributed by atoms with E-state index in [-0.39, 0.29) is 0 Å². The van der Waals surface area contributed by atoms with Crippen LogP contribution in [0.5, 0.6) is 0 Å². The lowest BCUT2D eigenvalue weighted by molar-refractivity contribution is -0.0721. The van der Waals surface area contributed by atoms with Gasteiger partial charge in [0.05, 0.1) is 32.0 Å². The molecule has 3 heterocycles. The van der Waals surface area contributed by atoms with Crippen LogP contribution in [0.3, 0.4) is 0 Å². The highest BCUT2D eigenvalue weighted by Gasteiger charge is 2.23. The summed E-state index contributed by atoms with van der Waals surface area (Å²) in [7, 11) is 1.87. The third kappa shape index (κ3) is 6.25. The Morgan fingerprint density at radius 3 is 2.85 bits per heavy atom. The zero-order chi connectivity index (χ0) is 18.0. The van der Waals surface area contributed by atoms with Gasteiger partial charge in [0.2, 0.25) is 0 Å². The van der Waals surface area contributed by atoms with E-state index in [1.807, 2.05) is 7.05 Å². The molecule has 2 saturated heterocycles. The van der Waals surface area contributed by atoms with Crippen molar-refractivity contribution in [1.29, 1.82) is 0 Å². The van der Waals surface area contributed by atoms with Gasteiger partial charge in [-0.05, 0) is 44.9 Å². The van der Waals surface area contributed by atoms with Gasteiger partial charge in [-0.25, -0.2) is 0 Å². The van der Waals surface area contributed by atoms with E-state index in [4.69, 9.17) is 14.2 Å². The molecule has 0 aromatic carbocycles. The van der Waals surface area contributed by atoms with E-state index in [0.29, 0.717) is 12.2 Å². The molecule has 0 saturated carbocycles. The topological polar surface area (TPSA) is 55.3 Å². The van der Waals surface area contributed by atoms with Crippen molar-refractivity contribution in [2.24, 2.45) is 4.99 Å². The van der Waals surface area contributed by atoms with Gasteiger partial charge < -0.3 is 24.4 Å². The van der Waals surface area contributed by atoms with Crippen molar-refractivity contribution in [3.8, 4) is 0 Å². The summed E-state index contributed by atoms with van der Waals surface area (Å²) in [5.41, 5.74) is 1.50. The summed E-state index contributed by atoms with van der Waals surface area (Å²) in [4.78, 5) is 6.82. The van der Waals surface area contributed by atoms with Crippen molar-refractivity contribution in [1.82, 2.24) is 10.2 Å². The maximum atomic E-state index is 6.11. The first kappa shape index (κ1) is 19.6. The summed E-state index contributed by atoms with van der Waals surface area (Å²) < 4.78 is 17.2. The maximum absolute atomic E-state index is 6.11. The van der Waals surface area contributed by atoms with Crippen LogP contribution in [0.15, 0.2) is 16.6 Å². The van der Waals surface area contributed by atoms with Crippen molar-refractivity contribution >= 4 is 5.96 Å². The normalized spacial score (nSPS) is 25.9. The molecular formula is C20H35N3O3. The molecule has 3 rings (SSSR count). The lowest BCUT2D eigenvalue weighted by Gasteiger charge is -2.35. The largest absolute Gasteiger partial charge is 0.377 e. The average molecular weight is 366 g/mol. The van der Waals surface area contributed by atoms with E-state index >= 15 is 0 Å². The number of likely N-dealkylation sites (tertiary alicyclic amines) is 1. The van der Waals surface area contributed by atoms with Crippen molar-refractivity contribution in [2.45, 2.75) is 57.2 Å². The zero-order valence-corrected chi connectivity index (χ0v) is 16.3. The first-order valence-electron chi connectivity index (χ1n) is 10.3. The molecule has 0 spiro atoms. The quantitative estimate of drug-likeness (QED) is 0.445. The number of hydrogen-bond acceptors (Lipinski definition) is 4. The Morgan fingerprint density at radius 1 is 1.27 bits per heavy atom. The minimum absolute atomic E-state index is 0.315. The molecule has 1 unspecified atom stereocenters. The van der Waals surface area contributed by atoms with Gasteiger partial charge >= 0.3 is 0 Å². The third-order valence-corrected chi connectivity index (χ3v) is 5.53. The lowest BCUT2D eigenvalue weighted by atomic mass is 10.1. The minimum Gasteiger partial charge on any atom is -0.377 e. The standard InChI is InChI=1S/C20H35N3O3/c1-21-20(22-10-5-17-8-14-24-15-9-17)23-11-6-18(7-12-23)26-16-19-4-2-3-13-25-19/h8,18-19H,2-7,9-16H2,1H3,(H,21,22). The van der Waals surface area contributed by atoms with Crippen LogP contribution in [-0.2, 0) is 14.2 Å². The molecule has 0 amide bonds. The van der Waals surface area contributed by atoms with Crippen molar-refractivity contribution in [2.75, 3.05) is 53.1 Å². The van der Waals surface area contributed by atoms with Gasteiger partial charge in [0.1, 0.15) is 0 Å². The van der Waals surface area contributed by atoms with Crippen LogP contribution in [0, 0.1) is 0 Å². The number of ether oxygens (including phenoxy) is 3. The Kier molecular flexibility index (Phi) is 8.24. The molecule has 1 N–H and O–H groups in total. The highest BCUT2D eigenvalue weighted by atomic mass is 16.5. The second-order valence-corrected chi connectivity index (χ2v) is 7.42. The molecule has 0 aromatic rings. The van der Waals surface area contributed by atoms with E-state index < -0.39 is 0 Å². The fourth-order valence-electron chi connectivity index (χ4n) is 3.88. The van der Waals surface area contributed by atoms with Crippen LogP contribution in [0.4, 0.5) is 0 Å². The Morgan fingerprint density at radius 2 is 2.15 bits per heavy atom. The fourth-order valence-corrected chi connectivity index (χ4v) is 3.88. The molecule has 0 bridgehead atoms. The minimum atomic E-state index is 0.315. The fraction of sp³-hybridized carbons (Fsp3) is 0.850. The van der Waals surface area contributed by atoms with Crippen LogP contribution in [0.25, 0.3) is 0 Å². The number of rotatable bonds is 6. The maximum Gasteiger partial charge on any atom is 0.193 e. The Bertz CT molecular complexity index is 467. The highest BCUT2D eigenvalue weighted by Crippen LogP contribution is 2.18. The molecule has 26 heavy (non-hydrogen) atoms. The third-order valence-electron chi connectivity index (χ3n) is 5.53. The molecule has 6 nitrogen and oxygen atoms in total. The first-order chi connectivity index (χ1) is 12.8. The van der Waals surface area contributed by atoms with Crippen molar-refractivity contribution in [3.05, 3.63) is 11.6 Å². The molecule has 6 heteroatoms. The molecule has 0 aliphatic carbocycles. The van der Waals surface area contributed by atoms with Crippen LogP contribution < -0.4 is 5.32 Å². The van der Waals surface area contributed by atoms with E-state index in [1.165, 1.54) is 18.4 Å². The summed E-state index contributed by atoms with van der Waals surface area (Å²) in [6.45, 7) is 6.24. The van der Waals surface area contributed by atoms with Crippen LogP contribution >= 0.6 is 0 Å². The smallest absolute Gasteiger partial charge is 0.193 e. The Hall–Kier alpha value is -1.11. The van der Waals surface area contributed by atoms with Gasteiger partial charge in [-0.2, -0.15) is 0 Å². The SMILES string of the molecule is CN=C(NCCC1=CCOCC1)N1CCC(OCC2CCCCO2)CC1. The molecule has 0 radical (unpaired) electrons. The first-order valence-corrected chi connectivity index (χ1v) is 10.3. The van der Waals surface area contributed by atoms with Crippen molar-refractivity contribution < 1.29 is 14.2 Å². The average Bonchev–Trinajstić information content (AvgIpc) is 2.72. The predicted octanol–water partition coefficient (Wildman–Crippen LogP) is 2.35. The summed E-state index contributed by atoms with van der Waals surface area (Å²) in [5, 5.41) is 3.52. The van der Waals surface area contributed by atoms with Gasteiger partial charge in [0.15, 0.2) is 5.96 Å². The monoisotopic (exact) mass is 365 g/mol. The second-order valence-electron chi connectivity index (χ2n) is 7.42. The predicted molar refractivity (Wildman–Crippen MR) is 104 cm³/mol. The number of nitrogens with zero attached hydrogens (tertiary/aromatic N) is 2. The van der Waals surface area contributed by atoms with Gasteiger partial charge in [-0.3, -0.25) is 4.99 Å². The Balaban J connectivity index is 1.32. The summed E-state index contributed by atoms with van der Waals surface area (Å²) in [6.07, 6.45) is 10.8. The van der Waals surface area contributed by atoms with Crippen LogP contribution in [-0.4, -0.2) is 76.2 Å². The van der Waals surface area contributed by atoms with E-state index in [2.05, 4.69) is 21.3 Å². The molecule has 1 atom stereocenters. The second kappa shape index (κ2) is 10.9. The van der Waals surface area contributed by atoms with Crippen LogP contribution in [0.2, 0.25) is 0 Å². The highest BCUT2D eigenvalue weighted by molar-refractivity contribution is 5.79. The van der Waals surface area contributed by atoms with Crippen molar-refractivity contribution in [3.63, 3.8) is 0 Å². The van der Waals surface area contributed by atoms with Gasteiger partial charge in [-0.15, -0.1) is 0 Å². The molecule has 3 aliphatic rings. The van der Waals surface area contributed by atoms with Gasteiger partial charge in [0.25, 0.3) is 0 Å². The number of guanidine groups is 1. The Labute approximate surface area is 158 Å². The van der Waals surface area contributed by atoms with Crippen LogP contribution in [0.1, 0.15) is 44.9 Å². The summed E-state index contributed by atoms with van der Waals surface area (Å²) in [6, 6.07) is 0. The number of nitrogens with one attached hydrogen (secondary N) is 1. The van der Waals surface area contributed by atoms with E-state index in [0.717, 1.165) is 84.1 Å². The molecule has 148 valence electrons. The molecule has 2 fully saturated rings. The molecule has 0 aromatic heterocycles. The summed E-state index contributed by atoms with van der Waals surface area (Å²) in [5.74, 6) is 1.02. The summed E-state index contributed by atoms with van der Waals surface area (Å²) >= 11 is 0. The van der Waals surface area contributed by atoms with E-state index in [1.54, 1.807) is 0 Å². The number of piperidine rings is 1. The molecule has 3 aliphatic heterocycles. The van der Waals surface area contributed by atoms with Gasteiger partial charge in [0, 0.05) is 33.3 Å². The molecular weight excluding hydrogens is 330 g/mol. The van der Waals surface area contributed by atoms with Gasteiger partial charge in [-0.1, -0.05) is 11.6 Å². The number of hydrogen-bond donors (Lipinski definition) is 1.